The molecule has 0 bridgehead atoms. The van der Waals surface area contributed by atoms with Gasteiger partial charge in [-0.15, -0.1) is 0 Å². The molecule has 0 aliphatic carbocycles. The lowest BCUT2D eigenvalue weighted by Crippen LogP contribution is -2.27. The number of carbonyl (C=O) groups is 2. The van der Waals surface area contributed by atoms with Crippen LogP contribution in [-0.2, 0) is 16.0 Å². The highest BCUT2D eigenvalue weighted by molar-refractivity contribution is 7.08. The number of aryl methyl sites for hydroxylation is 2. The summed E-state index contributed by atoms with van der Waals surface area (Å²) in [6.07, 6.45) is 2.25. The van der Waals surface area contributed by atoms with Crippen molar-refractivity contribution in [3.8, 4) is 0 Å². The first-order valence-electron chi connectivity index (χ1n) is 8.68. The molecule has 2 N–H and O–H groups in total. The zero-order valence-corrected chi connectivity index (χ0v) is 16.8. The molecule has 0 aliphatic rings. The highest BCUT2D eigenvalue weighted by atomic mass is 32.1. The number of hydrogen-bond acceptors (Lipinski definition) is 5. The van der Waals surface area contributed by atoms with Gasteiger partial charge in [0.05, 0.1) is 0 Å². The lowest BCUT2D eigenvalue weighted by molar-refractivity contribution is -0.137. The van der Waals surface area contributed by atoms with Crippen LogP contribution in [0.4, 0.5) is 4.79 Å². The number of aliphatic carboxylic acids is 1. The molecule has 0 saturated heterocycles. The lowest BCUT2D eigenvalue weighted by Gasteiger charge is -2.19. The largest absolute Gasteiger partial charge is 0.481 e. The van der Waals surface area contributed by atoms with Gasteiger partial charge in [-0.3, -0.25) is 4.79 Å². The Bertz CT molecular complexity index is 723. The van der Waals surface area contributed by atoms with E-state index in [1.807, 2.05) is 12.3 Å². The van der Waals surface area contributed by atoms with Crippen molar-refractivity contribution in [3.05, 3.63) is 43.8 Å². The average Bonchev–Trinajstić information content (AvgIpc) is 3.18. The quantitative estimate of drug-likeness (QED) is 0.550. The molecule has 2 aromatic rings. The van der Waals surface area contributed by atoms with Gasteiger partial charge in [0.15, 0.2) is 0 Å². The Labute approximate surface area is 162 Å². The van der Waals surface area contributed by atoms with E-state index in [0.717, 1.165) is 24.0 Å². The number of amides is 1. The number of carbonyl (C=O) groups excluding carboxylic acids is 1. The van der Waals surface area contributed by atoms with Crippen molar-refractivity contribution >= 4 is 34.7 Å². The summed E-state index contributed by atoms with van der Waals surface area (Å²) in [5.74, 6) is -0.782. The van der Waals surface area contributed by atoms with E-state index < -0.39 is 12.1 Å². The first kappa shape index (κ1) is 20.5. The molecule has 0 fully saturated rings. The normalized spacial score (nSPS) is 11.9. The van der Waals surface area contributed by atoms with Gasteiger partial charge >= 0.3 is 12.1 Å². The Morgan fingerprint density at radius 3 is 2.42 bits per heavy atom. The molecule has 7 heteroatoms. The third-order valence-corrected chi connectivity index (χ3v) is 5.98. The van der Waals surface area contributed by atoms with E-state index in [1.54, 1.807) is 22.7 Å². The maximum absolute atomic E-state index is 12.2. The molecule has 1 amide bonds. The van der Waals surface area contributed by atoms with Crippen molar-refractivity contribution in [3.63, 3.8) is 0 Å². The number of nitrogens with one attached hydrogen (secondary N) is 1. The monoisotopic (exact) mass is 395 g/mol. The Hall–Kier alpha value is -1.86. The first-order valence-corrected chi connectivity index (χ1v) is 10.6. The van der Waals surface area contributed by atoms with Crippen LogP contribution in [-0.4, -0.2) is 23.7 Å². The first-order chi connectivity index (χ1) is 12.5. The summed E-state index contributed by atoms with van der Waals surface area (Å²) >= 11 is 3.27. The number of rotatable bonds is 10. The zero-order valence-electron chi connectivity index (χ0n) is 15.1. The molecule has 142 valence electrons. The number of hydrogen-bond donors (Lipinski definition) is 2. The molecule has 1 unspecified atom stereocenters. The SMILES string of the molecule is Cc1cscc1CC(OC(=O)NCCCCCC(=O)O)c1cscc1C. The van der Waals surface area contributed by atoms with E-state index in [1.165, 1.54) is 11.1 Å². The third-order valence-electron chi connectivity index (χ3n) is 4.20. The number of thiophene rings is 2. The van der Waals surface area contributed by atoms with E-state index >= 15 is 0 Å². The van der Waals surface area contributed by atoms with Crippen LogP contribution >= 0.6 is 22.7 Å². The second-order valence-corrected chi connectivity index (χ2v) is 7.81. The number of ether oxygens (including phenoxy) is 1. The van der Waals surface area contributed by atoms with Gasteiger partial charge in [-0.05, 0) is 64.9 Å². The molecular weight excluding hydrogens is 370 g/mol. The highest BCUT2D eigenvalue weighted by Gasteiger charge is 2.21. The lowest BCUT2D eigenvalue weighted by atomic mass is 10.0. The third kappa shape index (κ3) is 6.46. The van der Waals surface area contributed by atoms with Gasteiger partial charge in [-0.25, -0.2) is 4.79 Å². The van der Waals surface area contributed by atoms with Crippen molar-refractivity contribution in [2.45, 2.75) is 52.1 Å². The number of carboxylic acids is 1. The Balaban J connectivity index is 1.86. The van der Waals surface area contributed by atoms with Crippen molar-refractivity contribution in [2.75, 3.05) is 6.54 Å². The molecule has 2 heterocycles. The molecule has 0 aromatic carbocycles. The molecule has 1 atom stereocenters. The molecule has 26 heavy (non-hydrogen) atoms. The predicted octanol–water partition coefficient (Wildman–Crippen LogP) is 5.08. The summed E-state index contributed by atoms with van der Waals surface area (Å²) in [4.78, 5) is 22.7. The van der Waals surface area contributed by atoms with E-state index in [4.69, 9.17) is 9.84 Å². The molecular formula is C19H25NO4S2. The van der Waals surface area contributed by atoms with Crippen LogP contribution in [0.5, 0.6) is 0 Å². The van der Waals surface area contributed by atoms with Gasteiger partial charge in [0.25, 0.3) is 0 Å². The molecule has 0 saturated carbocycles. The Kier molecular flexibility index (Phi) is 8.12. The fraction of sp³-hybridized carbons (Fsp3) is 0.474. The summed E-state index contributed by atoms with van der Waals surface area (Å²) in [6, 6.07) is 0. The number of alkyl carbamates (subject to hydrolysis) is 1. The minimum absolute atomic E-state index is 0.171. The van der Waals surface area contributed by atoms with Crippen molar-refractivity contribution in [1.29, 1.82) is 0 Å². The van der Waals surface area contributed by atoms with Crippen LogP contribution < -0.4 is 5.32 Å². The predicted molar refractivity (Wildman–Crippen MR) is 105 cm³/mol. The maximum atomic E-state index is 12.2. The summed E-state index contributed by atoms with van der Waals surface area (Å²) < 4.78 is 5.72. The average molecular weight is 396 g/mol. The van der Waals surface area contributed by atoms with Gasteiger partial charge in [0.1, 0.15) is 6.10 Å². The smallest absolute Gasteiger partial charge is 0.407 e. The summed E-state index contributed by atoms with van der Waals surface area (Å²) in [5.41, 5.74) is 4.61. The van der Waals surface area contributed by atoms with Crippen LogP contribution in [0.25, 0.3) is 0 Å². The zero-order chi connectivity index (χ0) is 18.9. The fourth-order valence-electron chi connectivity index (χ4n) is 2.65. The van der Waals surface area contributed by atoms with E-state index in [-0.39, 0.29) is 12.5 Å². The summed E-state index contributed by atoms with van der Waals surface area (Å²) in [5, 5.41) is 19.7. The van der Waals surface area contributed by atoms with E-state index in [0.29, 0.717) is 19.4 Å². The number of carboxylic acid groups (broad SMARTS) is 1. The van der Waals surface area contributed by atoms with Gasteiger partial charge in [0, 0.05) is 24.9 Å². The second-order valence-electron chi connectivity index (χ2n) is 6.32. The van der Waals surface area contributed by atoms with Crippen LogP contribution in [0, 0.1) is 13.8 Å². The fourth-order valence-corrected chi connectivity index (χ4v) is 4.41. The van der Waals surface area contributed by atoms with Crippen molar-refractivity contribution in [1.82, 2.24) is 5.32 Å². The second kappa shape index (κ2) is 10.3. The van der Waals surface area contributed by atoms with Crippen molar-refractivity contribution < 1.29 is 19.4 Å². The molecule has 5 nitrogen and oxygen atoms in total. The molecule has 2 aromatic heterocycles. The van der Waals surface area contributed by atoms with Gasteiger partial charge in [-0.2, -0.15) is 22.7 Å². The van der Waals surface area contributed by atoms with E-state index in [2.05, 4.69) is 28.4 Å². The molecule has 0 spiro atoms. The summed E-state index contributed by atoms with van der Waals surface area (Å²) in [7, 11) is 0. The minimum atomic E-state index is -0.782. The van der Waals surface area contributed by atoms with Crippen LogP contribution in [0.3, 0.4) is 0 Å². The van der Waals surface area contributed by atoms with Crippen LogP contribution in [0.15, 0.2) is 21.5 Å². The van der Waals surface area contributed by atoms with Crippen LogP contribution in [0.1, 0.15) is 54.0 Å². The number of unbranched alkanes of at least 4 members (excludes halogenated alkanes) is 2. The van der Waals surface area contributed by atoms with E-state index in [9.17, 15) is 9.59 Å². The van der Waals surface area contributed by atoms with Crippen LogP contribution in [0.2, 0.25) is 0 Å². The van der Waals surface area contributed by atoms with Gasteiger partial charge in [0.2, 0.25) is 0 Å². The van der Waals surface area contributed by atoms with Crippen molar-refractivity contribution in [2.24, 2.45) is 0 Å². The van der Waals surface area contributed by atoms with Gasteiger partial charge < -0.3 is 15.2 Å². The molecule has 2 rings (SSSR count). The Morgan fingerprint density at radius 2 is 1.81 bits per heavy atom. The standard InChI is InChI=1S/C19H25NO4S2/c1-13-9-25-11-15(13)8-17(16-12-26-10-14(16)2)24-19(23)20-7-5-3-4-6-18(21)22/h9-12,17H,3-8H2,1-2H3,(H,20,23)(H,21,22). The maximum Gasteiger partial charge on any atom is 0.407 e. The molecule has 0 radical (unpaired) electrons. The summed E-state index contributed by atoms with van der Waals surface area (Å²) in [6.45, 7) is 4.59. The topological polar surface area (TPSA) is 75.6 Å². The molecule has 0 aliphatic heterocycles. The van der Waals surface area contributed by atoms with Gasteiger partial charge in [-0.1, -0.05) is 6.42 Å². The minimum Gasteiger partial charge on any atom is -0.481 e. The Morgan fingerprint density at radius 1 is 1.08 bits per heavy atom. The highest BCUT2D eigenvalue weighted by Crippen LogP contribution is 2.30.